The summed E-state index contributed by atoms with van der Waals surface area (Å²) in [6.45, 7) is 2.46. The van der Waals surface area contributed by atoms with E-state index in [4.69, 9.17) is 9.15 Å². The van der Waals surface area contributed by atoms with Gasteiger partial charge in [0.25, 0.3) is 5.91 Å². The molecule has 3 aromatic heterocycles. The summed E-state index contributed by atoms with van der Waals surface area (Å²) in [7, 11) is 0. The van der Waals surface area contributed by atoms with Crippen molar-refractivity contribution in [1.29, 1.82) is 0 Å². The fourth-order valence-electron chi connectivity index (χ4n) is 5.17. The lowest BCUT2D eigenvalue weighted by Gasteiger charge is -2.36. The number of carbonyl (C=O) groups is 1. The van der Waals surface area contributed by atoms with Crippen LogP contribution < -0.4 is 0 Å². The van der Waals surface area contributed by atoms with Crippen LogP contribution in [0, 0.1) is 5.41 Å². The second kappa shape index (κ2) is 8.04. The van der Waals surface area contributed by atoms with E-state index in [-0.39, 0.29) is 17.2 Å². The Morgan fingerprint density at radius 2 is 1.82 bits per heavy atom. The lowest BCUT2D eigenvalue weighted by atomic mass is 9.72. The summed E-state index contributed by atoms with van der Waals surface area (Å²) in [5.74, 6) is 0.928. The molecule has 0 radical (unpaired) electrons. The Morgan fingerprint density at radius 1 is 1.00 bits per heavy atom. The molecule has 8 nitrogen and oxygen atoms in total. The molecular formula is C25H23N5O3. The van der Waals surface area contributed by atoms with Crippen LogP contribution in [0.5, 0.6) is 0 Å². The molecule has 8 heteroatoms. The highest BCUT2D eigenvalue weighted by molar-refractivity contribution is 6.05. The molecule has 2 saturated heterocycles. The number of hydrogen-bond acceptors (Lipinski definition) is 7. The van der Waals surface area contributed by atoms with Crippen LogP contribution in [0.1, 0.15) is 35.1 Å². The Balaban J connectivity index is 1.35. The molecule has 0 saturated carbocycles. The largest absolute Gasteiger partial charge is 0.420 e. The number of likely N-dealkylation sites (tertiary alicyclic amines) is 1. The summed E-state index contributed by atoms with van der Waals surface area (Å²) >= 11 is 0. The minimum Gasteiger partial charge on any atom is -0.420 e. The lowest BCUT2D eigenvalue weighted by molar-refractivity contribution is 0.00906. The van der Waals surface area contributed by atoms with Gasteiger partial charge in [-0.1, -0.05) is 24.3 Å². The van der Waals surface area contributed by atoms with Crippen molar-refractivity contribution in [2.75, 3.05) is 26.3 Å². The first kappa shape index (κ1) is 20.0. The molecule has 1 amide bonds. The SMILES string of the molecule is O=C(c1nccc2ccccc12)N1C[C@@H](c2nnc(-c3ccncc3)o2)C2(CCOCC2)C1. The zero-order chi connectivity index (χ0) is 22.3. The van der Waals surface area contributed by atoms with Crippen LogP contribution in [0.3, 0.4) is 0 Å². The molecule has 6 rings (SSSR count). The van der Waals surface area contributed by atoms with Crippen molar-refractivity contribution in [2.24, 2.45) is 5.41 Å². The van der Waals surface area contributed by atoms with Gasteiger partial charge in [-0.2, -0.15) is 0 Å². The van der Waals surface area contributed by atoms with Crippen LogP contribution in [0.4, 0.5) is 0 Å². The Hall–Kier alpha value is -3.65. The quantitative estimate of drug-likeness (QED) is 0.478. The Kier molecular flexibility index (Phi) is 4.87. The molecule has 0 N–H and O–H groups in total. The minimum atomic E-state index is -0.152. The number of amides is 1. The number of rotatable bonds is 3. The summed E-state index contributed by atoms with van der Waals surface area (Å²) < 4.78 is 11.8. The van der Waals surface area contributed by atoms with Gasteiger partial charge >= 0.3 is 0 Å². The fourth-order valence-corrected chi connectivity index (χ4v) is 5.17. The van der Waals surface area contributed by atoms with Crippen LogP contribution in [0.2, 0.25) is 0 Å². The molecule has 166 valence electrons. The highest BCUT2D eigenvalue weighted by Crippen LogP contribution is 2.49. The average molecular weight is 441 g/mol. The molecule has 0 bridgehead atoms. The standard InChI is InChI=1S/C25H23N5O3/c31-24(21-19-4-2-1-3-17(19)7-12-27-21)30-15-20(25(16-30)8-13-32-14-9-25)23-29-28-22(33-23)18-5-10-26-11-6-18/h1-7,10-12,20H,8-9,13-16H2/t20-/m0/s1. The van der Waals surface area contributed by atoms with Gasteiger partial charge in [0.15, 0.2) is 0 Å². The first-order chi connectivity index (χ1) is 16.2. The third kappa shape index (κ3) is 3.47. The number of hydrogen-bond donors (Lipinski definition) is 0. The van der Waals surface area contributed by atoms with Crippen molar-refractivity contribution >= 4 is 16.7 Å². The molecular weight excluding hydrogens is 418 g/mol. The van der Waals surface area contributed by atoms with Gasteiger partial charge in [0.1, 0.15) is 5.69 Å². The van der Waals surface area contributed by atoms with Gasteiger partial charge in [0.2, 0.25) is 11.8 Å². The Labute approximate surface area is 190 Å². The number of ether oxygens (including phenoxy) is 1. The first-order valence-electron chi connectivity index (χ1n) is 11.2. The number of benzene rings is 1. The predicted octanol–water partition coefficient (Wildman–Crippen LogP) is 3.72. The van der Waals surface area contributed by atoms with E-state index in [0.717, 1.165) is 29.2 Å². The number of nitrogens with zero attached hydrogens (tertiary/aromatic N) is 5. The Bertz CT molecular complexity index is 1290. The number of carbonyl (C=O) groups excluding carboxylic acids is 1. The zero-order valence-corrected chi connectivity index (χ0v) is 18.1. The van der Waals surface area contributed by atoms with E-state index in [0.29, 0.717) is 43.8 Å². The first-order valence-corrected chi connectivity index (χ1v) is 11.2. The third-order valence-corrected chi connectivity index (χ3v) is 6.97. The topological polar surface area (TPSA) is 94.2 Å². The van der Waals surface area contributed by atoms with Crippen molar-refractivity contribution in [1.82, 2.24) is 25.1 Å². The smallest absolute Gasteiger partial charge is 0.273 e. The third-order valence-electron chi connectivity index (χ3n) is 6.97. The van der Waals surface area contributed by atoms with Crippen molar-refractivity contribution in [3.8, 4) is 11.5 Å². The van der Waals surface area contributed by atoms with Crippen molar-refractivity contribution in [3.63, 3.8) is 0 Å². The van der Waals surface area contributed by atoms with E-state index in [2.05, 4.69) is 20.2 Å². The van der Waals surface area contributed by atoms with E-state index in [1.165, 1.54) is 0 Å². The molecule has 1 atom stereocenters. The number of fused-ring (bicyclic) bond motifs is 1. The predicted molar refractivity (Wildman–Crippen MR) is 120 cm³/mol. The summed E-state index contributed by atoms with van der Waals surface area (Å²) in [5.41, 5.74) is 1.16. The van der Waals surface area contributed by atoms with Crippen LogP contribution in [-0.2, 0) is 4.74 Å². The molecule has 0 aliphatic carbocycles. The molecule has 33 heavy (non-hydrogen) atoms. The second-order valence-corrected chi connectivity index (χ2v) is 8.78. The van der Waals surface area contributed by atoms with E-state index in [9.17, 15) is 4.79 Å². The van der Waals surface area contributed by atoms with Gasteiger partial charge in [-0.3, -0.25) is 14.8 Å². The van der Waals surface area contributed by atoms with Gasteiger partial charge in [-0.15, -0.1) is 10.2 Å². The second-order valence-electron chi connectivity index (χ2n) is 8.78. The average Bonchev–Trinajstić information content (AvgIpc) is 3.50. The van der Waals surface area contributed by atoms with E-state index in [1.54, 1.807) is 18.6 Å². The van der Waals surface area contributed by atoms with Crippen molar-refractivity contribution < 1.29 is 13.9 Å². The molecule has 0 unspecified atom stereocenters. The van der Waals surface area contributed by atoms with Crippen LogP contribution in [0.15, 0.2) is 65.5 Å². The van der Waals surface area contributed by atoms with Gasteiger partial charge in [-0.25, -0.2) is 0 Å². The van der Waals surface area contributed by atoms with Crippen molar-refractivity contribution in [3.05, 3.63) is 72.6 Å². The normalized spacial score (nSPS) is 19.9. The summed E-state index contributed by atoms with van der Waals surface area (Å²) in [5, 5.41) is 10.6. The maximum Gasteiger partial charge on any atom is 0.273 e. The summed E-state index contributed by atoms with van der Waals surface area (Å²) in [4.78, 5) is 24.1. The van der Waals surface area contributed by atoms with Crippen molar-refractivity contribution in [2.45, 2.75) is 18.8 Å². The summed E-state index contributed by atoms with van der Waals surface area (Å²) in [6, 6.07) is 13.5. The monoisotopic (exact) mass is 441 g/mol. The number of pyridine rings is 2. The molecule has 2 aliphatic heterocycles. The van der Waals surface area contributed by atoms with Gasteiger partial charge in [-0.05, 0) is 36.4 Å². The molecule has 4 aromatic rings. The maximum absolute atomic E-state index is 13.6. The summed E-state index contributed by atoms with van der Waals surface area (Å²) in [6.07, 6.45) is 6.79. The molecule has 1 spiro atoms. The molecule has 5 heterocycles. The van der Waals surface area contributed by atoms with E-state index < -0.39 is 0 Å². The zero-order valence-electron chi connectivity index (χ0n) is 18.1. The maximum atomic E-state index is 13.6. The van der Waals surface area contributed by atoms with Crippen LogP contribution in [-0.4, -0.2) is 57.3 Å². The van der Waals surface area contributed by atoms with Gasteiger partial charge in [0, 0.05) is 61.3 Å². The molecule has 2 aliphatic rings. The minimum absolute atomic E-state index is 0.0524. The highest BCUT2D eigenvalue weighted by Gasteiger charge is 2.51. The Morgan fingerprint density at radius 3 is 2.67 bits per heavy atom. The highest BCUT2D eigenvalue weighted by atomic mass is 16.5. The lowest BCUT2D eigenvalue weighted by Crippen LogP contribution is -2.37. The number of aromatic nitrogens is 4. The van der Waals surface area contributed by atoms with Gasteiger partial charge < -0.3 is 14.1 Å². The van der Waals surface area contributed by atoms with Gasteiger partial charge in [0.05, 0.1) is 5.92 Å². The van der Waals surface area contributed by atoms with Crippen LogP contribution >= 0.6 is 0 Å². The van der Waals surface area contributed by atoms with E-state index in [1.807, 2.05) is 47.4 Å². The molecule has 2 fully saturated rings. The molecule has 1 aromatic carbocycles. The fraction of sp³-hybridized carbons (Fsp3) is 0.320. The van der Waals surface area contributed by atoms with E-state index >= 15 is 0 Å². The van der Waals surface area contributed by atoms with Crippen LogP contribution in [0.25, 0.3) is 22.2 Å².